The van der Waals surface area contributed by atoms with Crippen molar-refractivity contribution < 1.29 is 4.79 Å². The fraction of sp³-hybridized carbons (Fsp3) is 0. The molecule has 2 aromatic rings. The maximum atomic E-state index is 11.9. The van der Waals surface area contributed by atoms with Crippen LogP contribution in [0.3, 0.4) is 0 Å². The Morgan fingerprint density at radius 1 is 1.35 bits per heavy atom. The number of nitrogens with zero attached hydrogens (tertiary/aromatic N) is 2. The lowest BCUT2D eigenvalue weighted by Gasteiger charge is -2.04. The van der Waals surface area contributed by atoms with Crippen molar-refractivity contribution >= 4 is 45.9 Å². The van der Waals surface area contributed by atoms with E-state index < -0.39 is 0 Å². The Morgan fingerprint density at radius 3 is 2.88 bits per heavy atom. The molecule has 0 saturated heterocycles. The van der Waals surface area contributed by atoms with Gasteiger partial charge in [0.15, 0.2) is 5.82 Å². The molecule has 0 aliphatic rings. The molecule has 17 heavy (non-hydrogen) atoms. The molecule has 0 radical (unpaired) electrons. The van der Waals surface area contributed by atoms with Crippen molar-refractivity contribution in [2.75, 3.05) is 5.32 Å². The zero-order valence-corrected chi connectivity index (χ0v) is 11.4. The molecule has 6 heteroatoms. The van der Waals surface area contributed by atoms with Gasteiger partial charge in [0.05, 0.1) is 12.4 Å². The first-order chi connectivity index (χ1) is 8.15. The normalized spacial score (nSPS) is 10.0. The van der Waals surface area contributed by atoms with Gasteiger partial charge >= 0.3 is 0 Å². The summed E-state index contributed by atoms with van der Waals surface area (Å²) in [6.45, 7) is 0. The Morgan fingerprint density at radius 2 is 2.18 bits per heavy atom. The molecule has 0 aliphatic heterocycles. The lowest BCUT2D eigenvalue weighted by Crippen LogP contribution is -2.13. The SMILES string of the molecule is O=C(Nc1cncc(Cl)n1)c1cccc(I)c1. The van der Waals surface area contributed by atoms with Gasteiger partial charge in [0, 0.05) is 9.13 Å². The molecular weight excluding hydrogens is 352 g/mol. The number of carbonyl (C=O) groups excluding carboxylic acids is 1. The summed E-state index contributed by atoms with van der Waals surface area (Å²) in [4.78, 5) is 19.6. The van der Waals surface area contributed by atoms with Crippen molar-refractivity contribution in [3.05, 3.63) is 50.9 Å². The number of halogens is 2. The molecule has 0 fully saturated rings. The number of rotatable bonds is 2. The van der Waals surface area contributed by atoms with E-state index in [4.69, 9.17) is 11.6 Å². The second-order valence-electron chi connectivity index (χ2n) is 3.19. The van der Waals surface area contributed by atoms with Gasteiger partial charge in [0.2, 0.25) is 0 Å². The third kappa shape index (κ3) is 3.37. The molecule has 1 amide bonds. The molecule has 0 atom stereocenters. The second-order valence-corrected chi connectivity index (χ2v) is 4.82. The number of anilines is 1. The van der Waals surface area contributed by atoms with Crippen molar-refractivity contribution in [2.24, 2.45) is 0 Å². The quantitative estimate of drug-likeness (QED) is 0.839. The molecule has 1 aromatic carbocycles. The second kappa shape index (κ2) is 5.42. The molecule has 86 valence electrons. The lowest BCUT2D eigenvalue weighted by atomic mass is 10.2. The van der Waals surface area contributed by atoms with Crippen LogP contribution in [-0.2, 0) is 0 Å². The first kappa shape index (κ1) is 12.3. The van der Waals surface area contributed by atoms with E-state index in [1.807, 2.05) is 12.1 Å². The summed E-state index contributed by atoms with van der Waals surface area (Å²) in [5.74, 6) is 0.0986. The van der Waals surface area contributed by atoms with Crippen LogP contribution in [0.2, 0.25) is 5.15 Å². The van der Waals surface area contributed by atoms with E-state index in [1.165, 1.54) is 12.4 Å². The molecule has 0 spiro atoms. The van der Waals surface area contributed by atoms with E-state index in [0.29, 0.717) is 11.4 Å². The van der Waals surface area contributed by atoms with Crippen LogP contribution >= 0.6 is 34.2 Å². The van der Waals surface area contributed by atoms with Crippen LogP contribution in [0, 0.1) is 3.57 Å². The van der Waals surface area contributed by atoms with Crippen LogP contribution in [-0.4, -0.2) is 15.9 Å². The van der Waals surface area contributed by atoms with Gasteiger partial charge in [-0.3, -0.25) is 9.78 Å². The average Bonchev–Trinajstić information content (AvgIpc) is 2.29. The third-order valence-corrected chi connectivity index (χ3v) is 2.79. The van der Waals surface area contributed by atoms with Crippen molar-refractivity contribution in [2.45, 2.75) is 0 Å². The zero-order chi connectivity index (χ0) is 12.3. The fourth-order valence-corrected chi connectivity index (χ4v) is 1.91. The Bertz CT molecular complexity index is 562. The van der Waals surface area contributed by atoms with Crippen LogP contribution < -0.4 is 5.32 Å². The summed E-state index contributed by atoms with van der Waals surface area (Å²) in [6.07, 6.45) is 2.85. The maximum absolute atomic E-state index is 11.9. The Balaban J connectivity index is 2.17. The van der Waals surface area contributed by atoms with E-state index in [-0.39, 0.29) is 11.1 Å². The van der Waals surface area contributed by atoms with Crippen molar-refractivity contribution in [3.63, 3.8) is 0 Å². The largest absolute Gasteiger partial charge is 0.305 e. The van der Waals surface area contributed by atoms with E-state index >= 15 is 0 Å². The zero-order valence-electron chi connectivity index (χ0n) is 8.52. The minimum atomic E-state index is -0.236. The first-order valence-electron chi connectivity index (χ1n) is 4.69. The van der Waals surface area contributed by atoms with Gasteiger partial charge < -0.3 is 5.32 Å². The van der Waals surface area contributed by atoms with Crippen molar-refractivity contribution in [1.82, 2.24) is 9.97 Å². The monoisotopic (exact) mass is 359 g/mol. The highest BCUT2D eigenvalue weighted by atomic mass is 127. The highest BCUT2D eigenvalue weighted by Crippen LogP contribution is 2.11. The van der Waals surface area contributed by atoms with Crippen molar-refractivity contribution in [3.8, 4) is 0 Å². The Hall–Kier alpha value is -1.21. The van der Waals surface area contributed by atoms with Crippen LogP contribution in [0.15, 0.2) is 36.7 Å². The number of aromatic nitrogens is 2. The van der Waals surface area contributed by atoms with Crippen LogP contribution in [0.25, 0.3) is 0 Å². The number of benzene rings is 1. The topological polar surface area (TPSA) is 54.9 Å². The highest BCUT2D eigenvalue weighted by molar-refractivity contribution is 14.1. The van der Waals surface area contributed by atoms with E-state index in [0.717, 1.165) is 3.57 Å². The van der Waals surface area contributed by atoms with E-state index in [2.05, 4.69) is 37.9 Å². The summed E-state index contributed by atoms with van der Waals surface area (Å²) in [7, 11) is 0. The van der Waals surface area contributed by atoms with E-state index in [9.17, 15) is 4.79 Å². The molecule has 2 rings (SSSR count). The molecule has 0 bridgehead atoms. The number of hydrogen-bond acceptors (Lipinski definition) is 3. The molecule has 1 heterocycles. The molecule has 1 aromatic heterocycles. The van der Waals surface area contributed by atoms with Gasteiger partial charge in [-0.1, -0.05) is 17.7 Å². The van der Waals surface area contributed by atoms with Gasteiger partial charge in [0.1, 0.15) is 5.15 Å². The summed E-state index contributed by atoms with van der Waals surface area (Å²) >= 11 is 7.82. The Labute approximate surface area is 117 Å². The fourth-order valence-electron chi connectivity index (χ4n) is 1.22. The third-order valence-electron chi connectivity index (χ3n) is 1.93. The smallest absolute Gasteiger partial charge is 0.256 e. The molecule has 0 saturated carbocycles. The van der Waals surface area contributed by atoms with Gasteiger partial charge in [-0.05, 0) is 40.8 Å². The lowest BCUT2D eigenvalue weighted by molar-refractivity contribution is 0.102. The van der Waals surface area contributed by atoms with Gasteiger partial charge in [-0.25, -0.2) is 4.98 Å². The first-order valence-corrected chi connectivity index (χ1v) is 6.15. The van der Waals surface area contributed by atoms with Gasteiger partial charge in [-0.2, -0.15) is 0 Å². The highest BCUT2D eigenvalue weighted by Gasteiger charge is 2.07. The molecule has 1 N–H and O–H groups in total. The van der Waals surface area contributed by atoms with Crippen LogP contribution in [0.1, 0.15) is 10.4 Å². The molecule has 0 aliphatic carbocycles. The van der Waals surface area contributed by atoms with Crippen LogP contribution in [0.5, 0.6) is 0 Å². The standard InChI is InChI=1S/C11H7ClIN3O/c12-9-5-14-6-10(15-9)16-11(17)7-2-1-3-8(13)4-7/h1-6H,(H,15,16,17). The average molecular weight is 360 g/mol. The maximum Gasteiger partial charge on any atom is 0.256 e. The van der Waals surface area contributed by atoms with E-state index in [1.54, 1.807) is 12.1 Å². The molecule has 0 unspecified atom stereocenters. The predicted molar refractivity (Wildman–Crippen MR) is 74.2 cm³/mol. The summed E-state index contributed by atoms with van der Waals surface area (Å²) in [5.41, 5.74) is 0.568. The summed E-state index contributed by atoms with van der Waals surface area (Å²) in [5, 5.41) is 2.87. The molecule has 4 nitrogen and oxygen atoms in total. The molecular formula is C11H7ClIN3O. The predicted octanol–water partition coefficient (Wildman–Crippen LogP) is 2.99. The number of carbonyl (C=O) groups is 1. The number of nitrogens with one attached hydrogen (secondary N) is 1. The van der Waals surface area contributed by atoms with Crippen LogP contribution in [0.4, 0.5) is 5.82 Å². The summed E-state index contributed by atoms with van der Waals surface area (Å²) < 4.78 is 0.993. The van der Waals surface area contributed by atoms with Crippen molar-refractivity contribution in [1.29, 1.82) is 0 Å². The minimum Gasteiger partial charge on any atom is -0.305 e. The summed E-state index contributed by atoms with van der Waals surface area (Å²) in [6, 6.07) is 7.25. The number of amides is 1. The van der Waals surface area contributed by atoms with Gasteiger partial charge in [-0.15, -0.1) is 0 Å². The minimum absolute atomic E-state index is 0.236. The van der Waals surface area contributed by atoms with Gasteiger partial charge in [0.25, 0.3) is 5.91 Å². The Kier molecular flexibility index (Phi) is 3.90. The number of hydrogen-bond donors (Lipinski definition) is 1.